The van der Waals surface area contributed by atoms with Crippen LogP contribution in [0.1, 0.15) is 67.8 Å². The van der Waals surface area contributed by atoms with E-state index in [1.165, 1.54) is 65.6 Å². The molecule has 2 aromatic carbocycles. The first-order valence-electron chi connectivity index (χ1n) is 14.3. The topological polar surface area (TPSA) is 51.2 Å². The fourth-order valence-electron chi connectivity index (χ4n) is 6.14. The van der Waals surface area contributed by atoms with Gasteiger partial charge in [-0.25, -0.2) is 8.78 Å². The van der Waals surface area contributed by atoms with E-state index >= 15 is 0 Å². The van der Waals surface area contributed by atoms with Gasteiger partial charge in [-0.05, 0) is 69.3 Å². The molecule has 0 bridgehead atoms. The molecule has 2 fully saturated rings. The highest BCUT2D eigenvalue weighted by Crippen LogP contribution is 2.38. The number of hydrogen-bond acceptors (Lipinski definition) is 5. The first-order valence-corrected chi connectivity index (χ1v) is 14.3. The molecule has 1 aliphatic carbocycles. The third-order valence-corrected chi connectivity index (χ3v) is 8.15. The zero-order chi connectivity index (χ0) is 28.6. The summed E-state index contributed by atoms with van der Waals surface area (Å²) >= 11 is 0. The summed E-state index contributed by atoms with van der Waals surface area (Å²) in [6.07, 6.45) is 10.3. The lowest BCUT2D eigenvalue weighted by Gasteiger charge is -2.34. The summed E-state index contributed by atoms with van der Waals surface area (Å²) in [7, 11) is 4.57. The summed E-state index contributed by atoms with van der Waals surface area (Å²) in [6, 6.07) is 7.13. The first kappa shape index (κ1) is 29.8. The largest absolute Gasteiger partial charge is 0.493 e. The van der Waals surface area contributed by atoms with Crippen LogP contribution in [0.25, 0.3) is 6.08 Å². The zero-order valence-corrected chi connectivity index (χ0v) is 24.2. The van der Waals surface area contributed by atoms with Crippen molar-refractivity contribution in [2.24, 2.45) is 5.92 Å². The van der Waals surface area contributed by atoms with Crippen LogP contribution in [0.4, 0.5) is 8.78 Å². The van der Waals surface area contributed by atoms with E-state index in [1.807, 2.05) is 11.8 Å². The molecular formula is C32H42F2N2O4. The molecule has 8 heteroatoms. The minimum atomic E-state index is -0.628. The molecule has 4 rings (SSSR count). The van der Waals surface area contributed by atoms with Crippen LogP contribution in [-0.2, 0) is 0 Å². The van der Waals surface area contributed by atoms with Crippen molar-refractivity contribution in [3.63, 3.8) is 0 Å². The SMILES string of the molecule is COc1cc(C(=O)N(CC(C)=Cc2ccc(F)cc2F)C[C@@H]2CCCN2CC2CCCCC2)cc(OC)c1OC. The Bertz CT molecular complexity index is 1170. The fraction of sp³-hybridized carbons (Fsp3) is 0.531. The molecule has 1 amide bonds. The number of nitrogens with zero attached hydrogens (tertiary/aromatic N) is 2. The molecule has 0 unspecified atom stereocenters. The maximum absolute atomic E-state index is 14.4. The van der Waals surface area contributed by atoms with Crippen molar-refractivity contribution in [3.05, 3.63) is 58.7 Å². The Hall–Kier alpha value is -3.13. The van der Waals surface area contributed by atoms with E-state index in [0.717, 1.165) is 43.5 Å². The van der Waals surface area contributed by atoms with Gasteiger partial charge in [0.1, 0.15) is 11.6 Å². The molecule has 0 N–H and O–H groups in total. The molecule has 1 aliphatic heterocycles. The summed E-state index contributed by atoms with van der Waals surface area (Å²) in [5.41, 5.74) is 1.51. The number of benzene rings is 2. The molecule has 1 saturated heterocycles. The number of carbonyl (C=O) groups excluding carboxylic acids is 1. The van der Waals surface area contributed by atoms with Crippen molar-refractivity contribution in [1.82, 2.24) is 9.80 Å². The Morgan fingerprint density at radius 2 is 1.68 bits per heavy atom. The third-order valence-electron chi connectivity index (χ3n) is 8.15. The molecule has 1 saturated carbocycles. The van der Waals surface area contributed by atoms with Gasteiger partial charge in [-0.2, -0.15) is 0 Å². The van der Waals surface area contributed by atoms with Gasteiger partial charge in [0.05, 0.1) is 21.3 Å². The van der Waals surface area contributed by atoms with Crippen LogP contribution in [0.3, 0.4) is 0 Å². The van der Waals surface area contributed by atoms with E-state index in [9.17, 15) is 13.6 Å². The third kappa shape index (κ3) is 7.33. The second kappa shape index (κ2) is 14.0. The minimum Gasteiger partial charge on any atom is -0.493 e. The predicted octanol–water partition coefficient (Wildman–Crippen LogP) is 6.58. The van der Waals surface area contributed by atoms with Crippen molar-refractivity contribution < 1.29 is 27.8 Å². The van der Waals surface area contributed by atoms with E-state index in [2.05, 4.69) is 4.90 Å². The second-order valence-corrected chi connectivity index (χ2v) is 11.1. The fourth-order valence-corrected chi connectivity index (χ4v) is 6.14. The number of amides is 1. The van der Waals surface area contributed by atoms with Crippen molar-refractivity contribution in [3.8, 4) is 17.2 Å². The molecule has 0 spiro atoms. The Balaban J connectivity index is 1.61. The van der Waals surface area contributed by atoms with Crippen LogP contribution in [0, 0.1) is 17.6 Å². The summed E-state index contributed by atoms with van der Waals surface area (Å²) in [4.78, 5) is 18.5. The molecule has 40 heavy (non-hydrogen) atoms. The van der Waals surface area contributed by atoms with E-state index in [0.29, 0.717) is 41.5 Å². The van der Waals surface area contributed by atoms with Crippen LogP contribution in [-0.4, -0.2) is 69.3 Å². The van der Waals surface area contributed by atoms with Crippen LogP contribution in [0.15, 0.2) is 35.9 Å². The summed E-state index contributed by atoms with van der Waals surface area (Å²) in [6.45, 7) is 4.85. The van der Waals surface area contributed by atoms with Gasteiger partial charge in [-0.3, -0.25) is 9.69 Å². The highest BCUT2D eigenvalue weighted by atomic mass is 19.1. The number of ether oxygens (including phenoxy) is 3. The van der Waals surface area contributed by atoms with Crippen LogP contribution >= 0.6 is 0 Å². The van der Waals surface area contributed by atoms with E-state index in [1.54, 1.807) is 18.2 Å². The Labute approximate surface area is 236 Å². The number of rotatable bonds is 11. The minimum absolute atomic E-state index is 0.170. The lowest BCUT2D eigenvalue weighted by molar-refractivity contribution is 0.0709. The lowest BCUT2D eigenvalue weighted by atomic mass is 9.89. The van der Waals surface area contributed by atoms with E-state index in [4.69, 9.17) is 14.2 Å². The zero-order valence-electron chi connectivity index (χ0n) is 24.2. The number of carbonyl (C=O) groups is 1. The van der Waals surface area contributed by atoms with Crippen LogP contribution in [0.2, 0.25) is 0 Å². The van der Waals surface area contributed by atoms with E-state index < -0.39 is 11.6 Å². The van der Waals surface area contributed by atoms with Gasteiger partial charge >= 0.3 is 0 Å². The average molecular weight is 557 g/mol. The van der Waals surface area contributed by atoms with Crippen LogP contribution in [0.5, 0.6) is 17.2 Å². The van der Waals surface area contributed by atoms with Gasteiger partial charge in [-0.1, -0.05) is 30.9 Å². The molecule has 2 aliphatic rings. The summed E-state index contributed by atoms with van der Waals surface area (Å²) in [5.74, 6) is 0.538. The number of methoxy groups -OCH3 is 3. The quantitative estimate of drug-likeness (QED) is 0.313. The van der Waals surface area contributed by atoms with E-state index in [-0.39, 0.29) is 11.9 Å². The Kier molecular flexibility index (Phi) is 10.4. The summed E-state index contributed by atoms with van der Waals surface area (Å²) < 4.78 is 44.3. The standard InChI is InChI=1S/C32H42F2N2O4/c1-22(15-24-12-13-26(33)18-28(24)34)19-36(21-27-11-8-14-35(27)20-23-9-6-5-7-10-23)32(37)25-16-29(38-2)31(40-4)30(17-25)39-3/h12-13,15-18,23,27H,5-11,14,19-21H2,1-4H3/t27-/m0/s1. The molecule has 1 atom stereocenters. The average Bonchev–Trinajstić information content (AvgIpc) is 3.39. The predicted molar refractivity (Wildman–Crippen MR) is 153 cm³/mol. The van der Waals surface area contributed by atoms with Gasteiger partial charge in [-0.15, -0.1) is 0 Å². The molecule has 0 aromatic heterocycles. The molecule has 0 radical (unpaired) electrons. The van der Waals surface area contributed by atoms with Gasteiger partial charge in [0.2, 0.25) is 5.75 Å². The first-order chi connectivity index (χ1) is 19.3. The van der Waals surface area contributed by atoms with Crippen molar-refractivity contribution in [1.29, 1.82) is 0 Å². The maximum Gasteiger partial charge on any atom is 0.254 e. The Morgan fingerprint density at radius 3 is 2.30 bits per heavy atom. The number of likely N-dealkylation sites (tertiary alicyclic amines) is 1. The van der Waals surface area contributed by atoms with Crippen molar-refractivity contribution in [2.45, 2.75) is 57.9 Å². The molecule has 6 nitrogen and oxygen atoms in total. The lowest BCUT2D eigenvalue weighted by Crippen LogP contribution is -2.45. The maximum atomic E-state index is 14.4. The number of hydrogen-bond donors (Lipinski definition) is 0. The van der Waals surface area contributed by atoms with Gasteiger partial charge in [0.15, 0.2) is 11.5 Å². The van der Waals surface area contributed by atoms with Gasteiger partial charge in [0, 0.05) is 42.9 Å². The highest BCUT2D eigenvalue weighted by Gasteiger charge is 2.31. The molecule has 218 valence electrons. The van der Waals surface area contributed by atoms with Crippen molar-refractivity contribution >= 4 is 12.0 Å². The number of halogens is 2. The monoisotopic (exact) mass is 556 g/mol. The van der Waals surface area contributed by atoms with Crippen molar-refractivity contribution in [2.75, 3.05) is 47.5 Å². The Morgan fingerprint density at radius 1 is 0.975 bits per heavy atom. The van der Waals surface area contributed by atoms with Gasteiger partial charge < -0.3 is 19.1 Å². The van der Waals surface area contributed by atoms with Crippen LogP contribution < -0.4 is 14.2 Å². The molecular weight excluding hydrogens is 514 g/mol. The van der Waals surface area contributed by atoms with Gasteiger partial charge in [0.25, 0.3) is 5.91 Å². The summed E-state index contributed by atoms with van der Waals surface area (Å²) in [5, 5.41) is 0. The molecule has 1 heterocycles. The highest BCUT2D eigenvalue weighted by molar-refractivity contribution is 5.96. The second-order valence-electron chi connectivity index (χ2n) is 11.1. The normalized spacial score (nSPS) is 18.6. The smallest absolute Gasteiger partial charge is 0.254 e. The molecule has 2 aromatic rings.